The number of nitrogens with zero attached hydrogens (tertiary/aromatic N) is 1. The molecular formula is C25H19FN2O3. The zero-order chi connectivity index (χ0) is 21.4. The largest absolute Gasteiger partial charge is 0.454 e. The lowest BCUT2D eigenvalue weighted by Crippen LogP contribution is -2.27. The summed E-state index contributed by atoms with van der Waals surface area (Å²) in [5.74, 6) is 0.812. The van der Waals surface area contributed by atoms with E-state index in [9.17, 15) is 9.18 Å². The zero-order valence-corrected chi connectivity index (χ0v) is 16.8. The van der Waals surface area contributed by atoms with Crippen LogP contribution in [0.2, 0.25) is 0 Å². The molecule has 0 saturated carbocycles. The number of para-hydroxylation sites is 1. The number of halogens is 1. The molecule has 1 N–H and O–H groups in total. The number of pyridine rings is 1. The maximum atomic E-state index is 13.2. The number of benzene rings is 3. The number of hydrogen-bond acceptors (Lipinski definition) is 4. The van der Waals surface area contributed by atoms with Gasteiger partial charge in [-0.3, -0.25) is 4.79 Å². The van der Waals surface area contributed by atoms with Gasteiger partial charge in [0.15, 0.2) is 11.5 Å². The van der Waals surface area contributed by atoms with Gasteiger partial charge in [0.1, 0.15) is 5.82 Å². The van der Waals surface area contributed by atoms with Crippen LogP contribution in [0.3, 0.4) is 0 Å². The molecule has 3 aromatic carbocycles. The number of nitrogens with one attached hydrogen (secondary N) is 1. The SMILES string of the molecule is CC(NC(=O)c1cc(-c2ccc3c(c2)OCO3)nc2ccccc12)c1ccc(F)cc1. The number of rotatable bonds is 4. The first kappa shape index (κ1) is 19.1. The standard InChI is InChI=1S/C25H19FN2O3/c1-15(16-6-9-18(26)10-7-16)27-25(29)20-13-22(28-21-5-3-2-4-19(20)21)17-8-11-23-24(12-17)31-14-30-23/h2-13,15H,14H2,1H3,(H,27,29). The topological polar surface area (TPSA) is 60.5 Å². The van der Waals surface area contributed by atoms with Gasteiger partial charge in [-0.25, -0.2) is 9.37 Å². The number of ether oxygens (including phenoxy) is 2. The predicted molar refractivity (Wildman–Crippen MR) is 116 cm³/mol. The predicted octanol–water partition coefficient (Wildman–Crippen LogP) is 5.26. The minimum absolute atomic E-state index is 0.193. The van der Waals surface area contributed by atoms with E-state index in [2.05, 4.69) is 5.32 Å². The molecule has 0 saturated heterocycles. The Hall–Kier alpha value is -3.93. The molecule has 1 aromatic heterocycles. The highest BCUT2D eigenvalue weighted by Crippen LogP contribution is 2.36. The zero-order valence-electron chi connectivity index (χ0n) is 16.8. The molecule has 0 aliphatic carbocycles. The number of aromatic nitrogens is 1. The Bertz CT molecular complexity index is 1290. The molecule has 2 heterocycles. The van der Waals surface area contributed by atoms with Crippen molar-refractivity contribution >= 4 is 16.8 Å². The molecule has 5 rings (SSSR count). The van der Waals surface area contributed by atoms with Crippen LogP contribution in [-0.2, 0) is 0 Å². The number of carbonyl (C=O) groups excluding carboxylic acids is 1. The van der Waals surface area contributed by atoms with E-state index in [1.807, 2.05) is 49.4 Å². The monoisotopic (exact) mass is 414 g/mol. The third kappa shape index (κ3) is 3.68. The van der Waals surface area contributed by atoms with Crippen LogP contribution in [0.25, 0.3) is 22.2 Å². The van der Waals surface area contributed by atoms with Crippen molar-refractivity contribution in [3.8, 4) is 22.8 Å². The number of amides is 1. The summed E-state index contributed by atoms with van der Waals surface area (Å²) in [6.45, 7) is 2.06. The molecule has 4 aromatic rings. The van der Waals surface area contributed by atoms with E-state index in [1.54, 1.807) is 18.2 Å². The van der Waals surface area contributed by atoms with E-state index in [0.29, 0.717) is 22.8 Å². The van der Waals surface area contributed by atoms with E-state index < -0.39 is 0 Å². The van der Waals surface area contributed by atoms with Crippen molar-refractivity contribution < 1.29 is 18.7 Å². The molecule has 1 unspecified atom stereocenters. The van der Waals surface area contributed by atoms with Crippen molar-refractivity contribution in [1.29, 1.82) is 0 Å². The first-order valence-electron chi connectivity index (χ1n) is 9.94. The van der Waals surface area contributed by atoms with Crippen molar-refractivity contribution in [2.75, 3.05) is 6.79 Å². The van der Waals surface area contributed by atoms with Gasteiger partial charge < -0.3 is 14.8 Å². The van der Waals surface area contributed by atoms with Crippen LogP contribution in [0.4, 0.5) is 4.39 Å². The smallest absolute Gasteiger partial charge is 0.252 e. The Morgan fingerprint density at radius 2 is 1.77 bits per heavy atom. The van der Waals surface area contributed by atoms with Crippen molar-refractivity contribution in [3.05, 3.63) is 89.7 Å². The summed E-state index contributed by atoms with van der Waals surface area (Å²) in [6, 6.07) is 20.7. The van der Waals surface area contributed by atoms with Crippen LogP contribution in [0.5, 0.6) is 11.5 Å². The van der Waals surface area contributed by atoms with Crippen molar-refractivity contribution in [1.82, 2.24) is 10.3 Å². The average molecular weight is 414 g/mol. The summed E-state index contributed by atoms with van der Waals surface area (Å²) < 4.78 is 24.1. The summed E-state index contributed by atoms with van der Waals surface area (Å²) in [5.41, 5.74) is 3.56. The summed E-state index contributed by atoms with van der Waals surface area (Å²) in [5, 5.41) is 3.77. The lowest BCUT2D eigenvalue weighted by atomic mass is 10.0. The van der Waals surface area contributed by atoms with Gasteiger partial charge in [0.25, 0.3) is 5.91 Å². The van der Waals surface area contributed by atoms with Gasteiger partial charge in [0, 0.05) is 10.9 Å². The fraction of sp³-hybridized carbons (Fsp3) is 0.120. The van der Waals surface area contributed by atoms with Gasteiger partial charge in [0.05, 0.1) is 22.8 Å². The Morgan fingerprint density at radius 1 is 1.00 bits per heavy atom. The highest BCUT2D eigenvalue weighted by molar-refractivity contribution is 6.07. The third-order valence-electron chi connectivity index (χ3n) is 5.35. The first-order valence-corrected chi connectivity index (χ1v) is 9.94. The molecule has 5 nitrogen and oxygen atoms in total. The fourth-order valence-electron chi connectivity index (χ4n) is 3.68. The quantitative estimate of drug-likeness (QED) is 0.495. The van der Waals surface area contributed by atoms with Crippen LogP contribution < -0.4 is 14.8 Å². The molecule has 31 heavy (non-hydrogen) atoms. The minimum Gasteiger partial charge on any atom is -0.454 e. The van der Waals surface area contributed by atoms with Gasteiger partial charge in [-0.05, 0) is 55.0 Å². The first-order chi connectivity index (χ1) is 15.1. The summed E-state index contributed by atoms with van der Waals surface area (Å²) in [4.78, 5) is 18.0. The molecule has 1 aliphatic rings. The van der Waals surface area contributed by atoms with Gasteiger partial charge in [0.2, 0.25) is 6.79 Å². The molecular weight excluding hydrogens is 395 g/mol. The molecule has 1 amide bonds. The van der Waals surface area contributed by atoms with E-state index >= 15 is 0 Å². The Balaban J connectivity index is 1.53. The Morgan fingerprint density at radius 3 is 2.61 bits per heavy atom. The van der Waals surface area contributed by atoms with Crippen LogP contribution in [0.1, 0.15) is 28.9 Å². The van der Waals surface area contributed by atoms with Crippen molar-refractivity contribution in [3.63, 3.8) is 0 Å². The summed E-state index contributed by atoms with van der Waals surface area (Å²) in [6.07, 6.45) is 0. The van der Waals surface area contributed by atoms with Gasteiger partial charge >= 0.3 is 0 Å². The second-order valence-corrected chi connectivity index (χ2v) is 7.39. The van der Waals surface area contributed by atoms with Gasteiger partial charge in [-0.15, -0.1) is 0 Å². The van der Waals surface area contributed by atoms with Crippen LogP contribution in [-0.4, -0.2) is 17.7 Å². The number of carbonyl (C=O) groups is 1. The van der Waals surface area contributed by atoms with Crippen molar-refractivity contribution in [2.24, 2.45) is 0 Å². The molecule has 154 valence electrons. The number of fused-ring (bicyclic) bond motifs is 2. The maximum Gasteiger partial charge on any atom is 0.252 e. The van der Waals surface area contributed by atoms with Crippen LogP contribution in [0, 0.1) is 5.82 Å². The molecule has 1 aliphatic heterocycles. The fourth-order valence-corrected chi connectivity index (χ4v) is 3.68. The average Bonchev–Trinajstić information content (AvgIpc) is 3.26. The summed E-state index contributed by atoms with van der Waals surface area (Å²) >= 11 is 0. The molecule has 0 spiro atoms. The lowest BCUT2D eigenvalue weighted by molar-refractivity contribution is 0.0941. The highest BCUT2D eigenvalue weighted by Gasteiger charge is 2.19. The molecule has 0 fully saturated rings. The van der Waals surface area contributed by atoms with E-state index in [0.717, 1.165) is 22.0 Å². The van der Waals surface area contributed by atoms with Crippen molar-refractivity contribution in [2.45, 2.75) is 13.0 Å². The summed E-state index contributed by atoms with van der Waals surface area (Å²) in [7, 11) is 0. The second-order valence-electron chi connectivity index (χ2n) is 7.39. The Labute approximate surface area is 178 Å². The van der Waals surface area contributed by atoms with E-state index in [1.165, 1.54) is 12.1 Å². The normalized spacial score (nSPS) is 13.2. The number of hydrogen-bond donors (Lipinski definition) is 1. The maximum absolute atomic E-state index is 13.2. The molecule has 6 heteroatoms. The Kier molecular flexibility index (Phi) is 4.75. The highest BCUT2D eigenvalue weighted by atomic mass is 19.1. The van der Waals surface area contributed by atoms with Gasteiger partial charge in [-0.2, -0.15) is 0 Å². The molecule has 0 bridgehead atoms. The van der Waals surface area contributed by atoms with Crippen LogP contribution >= 0.6 is 0 Å². The minimum atomic E-state index is -0.309. The second kappa shape index (κ2) is 7.72. The van der Waals surface area contributed by atoms with Crippen LogP contribution in [0.15, 0.2) is 72.8 Å². The third-order valence-corrected chi connectivity index (χ3v) is 5.35. The van der Waals surface area contributed by atoms with E-state index in [-0.39, 0.29) is 24.6 Å². The van der Waals surface area contributed by atoms with E-state index in [4.69, 9.17) is 14.5 Å². The lowest BCUT2D eigenvalue weighted by Gasteiger charge is -2.16. The molecule has 1 atom stereocenters. The molecule has 0 radical (unpaired) electrons. The van der Waals surface area contributed by atoms with Gasteiger partial charge in [-0.1, -0.05) is 30.3 Å².